The second-order valence-electron chi connectivity index (χ2n) is 9.98. The molecule has 0 spiro atoms. The number of aromatic nitrogens is 4. The highest BCUT2D eigenvalue weighted by Gasteiger charge is 2.53. The SMILES string of the molecule is CC1(C)OB(c2ccc3c(c2)C(=O)B3N2CCCn3cnnc3-c3cccc2n3)OC1(C)C. The first-order valence-corrected chi connectivity index (χ1v) is 11.4. The molecule has 2 aromatic heterocycles. The van der Waals surface area contributed by atoms with Crippen molar-refractivity contribution in [3.63, 3.8) is 0 Å². The molecule has 3 aromatic rings. The first-order valence-electron chi connectivity index (χ1n) is 11.4. The minimum Gasteiger partial charge on any atom is -0.399 e. The van der Waals surface area contributed by atoms with Crippen LogP contribution in [0.5, 0.6) is 0 Å². The lowest BCUT2D eigenvalue weighted by Crippen LogP contribution is -2.65. The average Bonchev–Trinajstić information content (AvgIpc) is 3.34. The molecule has 3 aliphatic heterocycles. The van der Waals surface area contributed by atoms with E-state index in [4.69, 9.17) is 14.3 Å². The molecule has 8 nitrogen and oxygen atoms in total. The Morgan fingerprint density at radius 2 is 1.82 bits per heavy atom. The molecule has 0 aliphatic carbocycles. The van der Waals surface area contributed by atoms with Gasteiger partial charge in [-0.1, -0.05) is 24.3 Å². The van der Waals surface area contributed by atoms with Gasteiger partial charge in [-0.2, -0.15) is 0 Å². The molecule has 5 heterocycles. The summed E-state index contributed by atoms with van der Waals surface area (Å²) in [6.07, 6.45) is 2.59. The zero-order chi connectivity index (χ0) is 23.0. The predicted octanol–water partition coefficient (Wildman–Crippen LogP) is 1.48. The minimum absolute atomic E-state index is 0.106. The van der Waals surface area contributed by atoms with Crippen LogP contribution in [-0.2, 0) is 15.9 Å². The van der Waals surface area contributed by atoms with Gasteiger partial charge in [0.25, 0.3) is 0 Å². The van der Waals surface area contributed by atoms with Crippen molar-refractivity contribution < 1.29 is 14.1 Å². The lowest BCUT2D eigenvalue weighted by molar-refractivity contribution is 0.00578. The van der Waals surface area contributed by atoms with Crippen LogP contribution in [0.2, 0.25) is 0 Å². The van der Waals surface area contributed by atoms with E-state index in [9.17, 15) is 4.79 Å². The zero-order valence-corrected chi connectivity index (χ0v) is 19.3. The van der Waals surface area contributed by atoms with Gasteiger partial charge < -0.3 is 23.5 Å². The number of benzene rings is 1. The molecule has 33 heavy (non-hydrogen) atoms. The Kier molecular flexibility index (Phi) is 4.38. The van der Waals surface area contributed by atoms with Gasteiger partial charge in [0.05, 0.1) is 11.2 Å². The van der Waals surface area contributed by atoms with Crippen LogP contribution in [0.15, 0.2) is 42.7 Å². The number of pyridine rings is 1. The third-order valence-electron chi connectivity index (χ3n) is 7.39. The summed E-state index contributed by atoms with van der Waals surface area (Å²) < 4.78 is 14.4. The van der Waals surface area contributed by atoms with Crippen molar-refractivity contribution in [3.05, 3.63) is 48.3 Å². The molecule has 0 atom stereocenters. The molecule has 0 N–H and O–H groups in total. The number of anilines is 1. The Bertz CT molecular complexity index is 1260. The third kappa shape index (κ3) is 3.08. The van der Waals surface area contributed by atoms with Crippen molar-refractivity contribution in [3.8, 4) is 11.5 Å². The number of carbonyl (C=O) groups excluding carboxylic acids is 1. The first kappa shape index (κ1) is 20.6. The van der Waals surface area contributed by atoms with Gasteiger partial charge in [-0.25, -0.2) is 4.98 Å². The Hall–Kier alpha value is -2.97. The van der Waals surface area contributed by atoms with Crippen molar-refractivity contribution in [2.24, 2.45) is 0 Å². The summed E-state index contributed by atoms with van der Waals surface area (Å²) in [6.45, 7) is 9.27. The van der Waals surface area contributed by atoms with E-state index in [1.165, 1.54) is 0 Å². The maximum Gasteiger partial charge on any atom is 0.494 e. The highest BCUT2D eigenvalue weighted by atomic mass is 16.7. The van der Waals surface area contributed by atoms with E-state index >= 15 is 0 Å². The van der Waals surface area contributed by atoms with Gasteiger partial charge in [0.1, 0.15) is 17.8 Å². The van der Waals surface area contributed by atoms with Crippen LogP contribution in [-0.4, -0.2) is 57.1 Å². The smallest absolute Gasteiger partial charge is 0.399 e. The normalized spacial score (nSPS) is 20.5. The molecule has 166 valence electrons. The Labute approximate surface area is 193 Å². The van der Waals surface area contributed by atoms with Crippen LogP contribution in [0.3, 0.4) is 0 Å². The summed E-state index contributed by atoms with van der Waals surface area (Å²) in [5.74, 6) is 1.54. The van der Waals surface area contributed by atoms with E-state index in [2.05, 4.69) is 15.0 Å². The van der Waals surface area contributed by atoms with Crippen molar-refractivity contribution in [1.82, 2.24) is 19.7 Å². The van der Waals surface area contributed by atoms with Crippen LogP contribution >= 0.6 is 0 Å². The quantitative estimate of drug-likeness (QED) is 0.558. The number of rotatable bonds is 2. The monoisotopic (exact) mass is 441 g/mol. The Morgan fingerprint density at radius 1 is 1.03 bits per heavy atom. The molecule has 2 bridgehead atoms. The van der Waals surface area contributed by atoms with Crippen LogP contribution in [0, 0.1) is 0 Å². The fraction of sp³-hybridized carbons (Fsp3) is 0.391. The number of fused-ring (bicyclic) bond motifs is 5. The standard InChI is InChI=1S/C23H25B2N5O3/c1-22(2)23(3,4)33-25(32-22)15-9-10-17-16(13-15)20(31)24(17)30-12-6-11-29-14-26-28-21(29)18-7-5-8-19(30)27-18/h5,7-10,13-14H,6,11-12H2,1-4H3. The molecule has 3 aliphatic rings. The number of hydrogen-bond acceptors (Lipinski definition) is 7. The van der Waals surface area contributed by atoms with E-state index in [1.54, 1.807) is 6.33 Å². The van der Waals surface area contributed by atoms with Gasteiger partial charge in [0.15, 0.2) is 11.5 Å². The maximum atomic E-state index is 13.3. The summed E-state index contributed by atoms with van der Waals surface area (Å²) in [6, 6.07) is 11.8. The minimum atomic E-state index is -0.480. The largest absolute Gasteiger partial charge is 0.494 e. The summed E-state index contributed by atoms with van der Waals surface area (Å²) in [4.78, 5) is 20.3. The first-order chi connectivity index (χ1) is 15.7. The van der Waals surface area contributed by atoms with Crippen LogP contribution < -0.4 is 15.7 Å². The van der Waals surface area contributed by atoms with Crippen LogP contribution in [0.4, 0.5) is 5.82 Å². The van der Waals surface area contributed by atoms with Crippen molar-refractivity contribution in [1.29, 1.82) is 0 Å². The average molecular weight is 441 g/mol. The zero-order valence-electron chi connectivity index (χ0n) is 19.3. The fourth-order valence-electron chi connectivity index (χ4n) is 4.78. The molecule has 1 fully saturated rings. The summed E-state index contributed by atoms with van der Waals surface area (Å²) in [5.41, 5.74) is 2.66. The van der Waals surface area contributed by atoms with Gasteiger partial charge in [-0.3, -0.25) is 0 Å². The van der Waals surface area contributed by atoms with E-state index in [1.807, 2.05) is 68.7 Å². The molecule has 0 saturated carbocycles. The lowest BCUT2D eigenvalue weighted by Gasteiger charge is -2.36. The third-order valence-corrected chi connectivity index (χ3v) is 7.39. The summed E-state index contributed by atoms with van der Waals surface area (Å²) in [7, 11) is -0.480. The highest BCUT2D eigenvalue weighted by molar-refractivity contribution is 7.10. The number of aryl methyl sites for hydroxylation is 1. The Morgan fingerprint density at radius 3 is 2.61 bits per heavy atom. The number of nitrogens with zero attached hydrogens (tertiary/aromatic N) is 5. The van der Waals surface area contributed by atoms with Crippen molar-refractivity contribution in [2.45, 2.75) is 51.9 Å². The van der Waals surface area contributed by atoms with Gasteiger partial charge in [0.2, 0.25) is 0 Å². The maximum absolute atomic E-state index is 13.3. The van der Waals surface area contributed by atoms with Crippen LogP contribution in [0.1, 0.15) is 44.5 Å². The Balaban J connectivity index is 1.31. The van der Waals surface area contributed by atoms with Gasteiger partial charge in [0, 0.05) is 18.7 Å². The van der Waals surface area contributed by atoms with E-state index in [0.29, 0.717) is 6.54 Å². The van der Waals surface area contributed by atoms with E-state index < -0.39 is 18.3 Å². The second kappa shape index (κ2) is 7.01. The van der Waals surface area contributed by atoms with E-state index in [-0.39, 0.29) is 12.5 Å². The number of carbonyl (C=O) groups is 1. The molecular formula is C23H25B2N5O3. The lowest BCUT2D eigenvalue weighted by atomic mass is 9.38. The van der Waals surface area contributed by atoms with Gasteiger partial charge in [-0.05, 0) is 57.2 Å². The van der Waals surface area contributed by atoms with Crippen molar-refractivity contribution >= 4 is 36.4 Å². The van der Waals surface area contributed by atoms with Crippen LogP contribution in [0.25, 0.3) is 11.5 Å². The molecule has 0 unspecified atom stereocenters. The number of hydrogen-bond donors (Lipinski definition) is 0. The predicted molar refractivity (Wildman–Crippen MR) is 127 cm³/mol. The summed E-state index contributed by atoms with van der Waals surface area (Å²) in [5, 5.41) is 8.28. The van der Waals surface area contributed by atoms with Gasteiger partial charge in [-0.15, -0.1) is 10.2 Å². The van der Waals surface area contributed by atoms with E-state index in [0.717, 1.165) is 46.8 Å². The summed E-state index contributed by atoms with van der Waals surface area (Å²) >= 11 is 0. The molecule has 1 saturated heterocycles. The second-order valence-corrected chi connectivity index (χ2v) is 9.98. The molecule has 1 aromatic carbocycles. The fourth-order valence-corrected chi connectivity index (χ4v) is 4.78. The molecule has 10 heteroatoms. The molecule has 0 amide bonds. The molecular weight excluding hydrogens is 416 g/mol. The topological polar surface area (TPSA) is 82.4 Å². The molecule has 6 rings (SSSR count). The molecule has 0 radical (unpaired) electrons. The van der Waals surface area contributed by atoms with Gasteiger partial charge >= 0.3 is 14.0 Å². The van der Waals surface area contributed by atoms with Crippen molar-refractivity contribution in [2.75, 3.05) is 11.4 Å². The highest BCUT2D eigenvalue weighted by Crippen LogP contribution is 2.36.